The first-order valence-corrected chi connectivity index (χ1v) is 11.4. The molecule has 2 saturated heterocycles. The molecule has 0 bridgehead atoms. The van der Waals surface area contributed by atoms with Gasteiger partial charge < -0.3 is 20.0 Å². The van der Waals surface area contributed by atoms with Crippen molar-refractivity contribution in [3.63, 3.8) is 0 Å². The Hall–Kier alpha value is -2.31. The van der Waals surface area contributed by atoms with E-state index in [0.717, 1.165) is 19.4 Å². The van der Waals surface area contributed by atoms with E-state index in [4.69, 9.17) is 0 Å². The van der Waals surface area contributed by atoms with Crippen LogP contribution in [0, 0.1) is 11.7 Å². The molecule has 1 aromatic rings. The first kappa shape index (κ1) is 20.9. The van der Waals surface area contributed by atoms with Crippen LogP contribution in [0.4, 0.5) is 14.9 Å². The Bertz CT molecular complexity index is 748. The van der Waals surface area contributed by atoms with Gasteiger partial charge in [-0.1, -0.05) is 25.0 Å². The highest BCUT2D eigenvalue weighted by Crippen LogP contribution is 2.35. The summed E-state index contributed by atoms with van der Waals surface area (Å²) in [5.74, 6) is 0.487. The third kappa shape index (κ3) is 4.71. The average Bonchev–Trinajstić information content (AvgIpc) is 2.79. The summed E-state index contributed by atoms with van der Waals surface area (Å²) in [6.45, 7) is 3.61. The van der Waals surface area contributed by atoms with Gasteiger partial charge in [-0.05, 0) is 43.7 Å². The Morgan fingerprint density at radius 3 is 2.50 bits per heavy atom. The zero-order valence-electron chi connectivity index (χ0n) is 17.7. The molecule has 3 aliphatic rings. The Balaban J connectivity index is 1.20. The van der Waals surface area contributed by atoms with Gasteiger partial charge in [0, 0.05) is 51.7 Å². The van der Waals surface area contributed by atoms with Gasteiger partial charge in [0.05, 0.1) is 5.69 Å². The third-order valence-corrected chi connectivity index (χ3v) is 6.94. The van der Waals surface area contributed by atoms with Gasteiger partial charge in [-0.3, -0.25) is 4.79 Å². The number of halogens is 1. The van der Waals surface area contributed by atoms with Crippen molar-refractivity contribution in [3.05, 3.63) is 30.1 Å². The quantitative estimate of drug-likeness (QED) is 0.820. The summed E-state index contributed by atoms with van der Waals surface area (Å²) in [7, 11) is 0. The van der Waals surface area contributed by atoms with Crippen molar-refractivity contribution in [2.75, 3.05) is 44.2 Å². The topological polar surface area (TPSA) is 55.9 Å². The molecule has 3 fully saturated rings. The number of nitrogens with one attached hydrogen (secondary N) is 1. The molecular formula is C23H33FN4O2. The molecule has 1 saturated carbocycles. The molecule has 1 aromatic carbocycles. The van der Waals surface area contributed by atoms with Gasteiger partial charge in [0.25, 0.3) is 0 Å². The fourth-order valence-corrected chi connectivity index (χ4v) is 5.32. The van der Waals surface area contributed by atoms with Crippen molar-refractivity contribution < 1.29 is 14.0 Å². The molecule has 3 amide bonds. The molecular weight excluding hydrogens is 383 g/mol. The Morgan fingerprint density at radius 2 is 1.70 bits per heavy atom. The lowest BCUT2D eigenvalue weighted by Crippen LogP contribution is -2.53. The average molecular weight is 417 g/mol. The highest BCUT2D eigenvalue weighted by molar-refractivity contribution is 5.79. The van der Waals surface area contributed by atoms with Gasteiger partial charge in [-0.25, -0.2) is 9.18 Å². The van der Waals surface area contributed by atoms with Gasteiger partial charge in [-0.15, -0.1) is 0 Å². The maximum atomic E-state index is 14.0. The van der Waals surface area contributed by atoms with Crippen LogP contribution in [-0.4, -0.2) is 67.0 Å². The fraction of sp³-hybridized carbons (Fsp3) is 0.652. The highest BCUT2D eigenvalue weighted by Gasteiger charge is 2.35. The van der Waals surface area contributed by atoms with Crippen LogP contribution in [0.15, 0.2) is 24.3 Å². The van der Waals surface area contributed by atoms with Crippen molar-refractivity contribution in [3.8, 4) is 0 Å². The van der Waals surface area contributed by atoms with Gasteiger partial charge in [0.1, 0.15) is 5.82 Å². The number of hydrogen-bond donors (Lipinski definition) is 1. The molecule has 2 aliphatic heterocycles. The second kappa shape index (κ2) is 9.67. The van der Waals surface area contributed by atoms with E-state index in [1.54, 1.807) is 12.1 Å². The van der Waals surface area contributed by atoms with Gasteiger partial charge in [0.15, 0.2) is 0 Å². The molecule has 164 valence electrons. The smallest absolute Gasteiger partial charge is 0.317 e. The molecule has 7 heteroatoms. The number of anilines is 1. The Labute approximate surface area is 178 Å². The van der Waals surface area contributed by atoms with Crippen molar-refractivity contribution in [2.24, 2.45) is 5.92 Å². The van der Waals surface area contributed by atoms with E-state index in [1.807, 2.05) is 20.8 Å². The number of para-hydroxylation sites is 1. The lowest BCUT2D eigenvalue weighted by atomic mass is 9.78. The number of piperidine rings is 1. The van der Waals surface area contributed by atoms with Crippen LogP contribution in [0.3, 0.4) is 0 Å². The third-order valence-electron chi connectivity index (χ3n) is 6.94. The number of urea groups is 1. The largest absolute Gasteiger partial charge is 0.366 e. The van der Waals surface area contributed by atoms with Crippen molar-refractivity contribution in [1.29, 1.82) is 0 Å². The van der Waals surface area contributed by atoms with Crippen molar-refractivity contribution >= 4 is 17.6 Å². The molecule has 6 nitrogen and oxygen atoms in total. The van der Waals surface area contributed by atoms with E-state index >= 15 is 0 Å². The van der Waals surface area contributed by atoms with Crippen LogP contribution in [0.1, 0.15) is 44.9 Å². The van der Waals surface area contributed by atoms with Crippen LogP contribution in [0.2, 0.25) is 0 Å². The van der Waals surface area contributed by atoms with Crippen LogP contribution in [-0.2, 0) is 4.79 Å². The number of amides is 3. The zero-order chi connectivity index (χ0) is 20.9. The summed E-state index contributed by atoms with van der Waals surface area (Å²) in [6.07, 6.45) is 7.49. The number of likely N-dealkylation sites (tertiary alicyclic amines) is 1. The van der Waals surface area contributed by atoms with Gasteiger partial charge in [0.2, 0.25) is 5.91 Å². The van der Waals surface area contributed by atoms with E-state index in [1.165, 1.54) is 31.7 Å². The number of benzene rings is 1. The van der Waals surface area contributed by atoms with Crippen LogP contribution in [0.25, 0.3) is 0 Å². The SMILES string of the molecule is O=C(CCNC(=O)N1CCCC2CCCCC21)N1CCN(c2ccccc2F)CC1. The van der Waals surface area contributed by atoms with Crippen molar-refractivity contribution in [1.82, 2.24) is 15.1 Å². The summed E-state index contributed by atoms with van der Waals surface area (Å²) in [6, 6.07) is 7.13. The van der Waals surface area contributed by atoms with Crippen LogP contribution < -0.4 is 10.2 Å². The number of carbonyl (C=O) groups excluding carboxylic acids is 2. The minimum Gasteiger partial charge on any atom is -0.366 e. The predicted octanol–water partition coefficient (Wildman–Crippen LogP) is 3.23. The number of fused-ring (bicyclic) bond motifs is 1. The number of rotatable bonds is 4. The molecule has 0 aromatic heterocycles. The Morgan fingerprint density at radius 1 is 0.967 bits per heavy atom. The maximum absolute atomic E-state index is 14.0. The summed E-state index contributed by atoms with van der Waals surface area (Å²) in [5.41, 5.74) is 0.597. The van der Waals surface area contributed by atoms with Gasteiger partial charge in [-0.2, -0.15) is 0 Å². The molecule has 1 aliphatic carbocycles. The molecule has 2 atom stereocenters. The normalized spacial score (nSPS) is 24.4. The van der Waals surface area contributed by atoms with Gasteiger partial charge >= 0.3 is 6.03 Å². The molecule has 2 unspecified atom stereocenters. The summed E-state index contributed by atoms with van der Waals surface area (Å²) < 4.78 is 14.0. The summed E-state index contributed by atoms with van der Waals surface area (Å²) in [4.78, 5) is 31.1. The number of nitrogens with zero attached hydrogens (tertiary/aromatic N) is 3. The second-order valence-corrected chi connectivity index (χ2v) is 8.75. The fourth-order valence-electron chi connectivity index (χ4n) is 5.32. The standard InChI is InChI=1S/C23H33FN4O2/c24-19-8-2-4-10-21(19)26-14-16-27(17-15-26)22(29)11-12-25-23(30)28-13-5-7-18-6-1-3-9-20(18)28/h2,4,8,10,18,20H,1,3,5-7,9,11-17H2,(H,25,30). The number of hydrogen-bond acceptors (Lipinski definition) is 3. The Kier molecular flexibility index (Phi) is 6.75. The van der Waals surface area contributed by atoms with E-state index in [-0.39, 0.29) is 17.8 Å². The minimum absolute atomic E-state index is 0.0104. The number of piperazine rings is 1. The summed E-state index contributed by atoms with van der Waals surface area (Å²) in [5, 5.41) is 2.98. The number of carbonyl (C=O) groups is 2. The van der Waals surface area contributed by atoms with Crippen molar-refractivity contribution in [2.45, 2.75) is 51.0 Å². The molecule has 0 radical (unpaired) electrons. The van der Waals surface area contributed by atoms with E-state index in [0.29, 0.717) is 56.8 Å². The van der Waals surface area contributed by atoms with Crippen LogP contribution in [0.5, 0.6) is 0 Å². The first-order chi connectivity index (χ1) is 14.6. The molecule has 0 spiro atoms. The highest BCUT2D eigenvalue weighted by atomic mass is 19.1. The second-order valence-electron chi connectivity index (χ2n) is 8.75. The molecule has 30 heavy (non-hydrogen) atoms. The zero-order valence-corrected chi connectivity index (χ0v) is 17.7. The van der Waals surface area contributed by atoms with E-state index in [9.17, 15) is 14.0 Å². The first-order valence-electron chi connectivity index (χ1n) is 11.4. The lowest BCUT2D eigenvalue weighted by Gasteiger charge is -2.44. The van der Waals surface area contributed by atoms with E-state index < -0.39 is 0 Å². The predicted molar refractivity (Wildman–Crippen MR) is 115 cm³/mol. The molecule has 2 heterocycles. The monoisotopic (exact) mass is 416 g/mol. The molecule has 1 N–H and O–H groups in total. The van der Waals surface area contributed by atoms with Crippen LogP contribution >= 0.6 is 0 Å². The van der Waals surface area contributed by atoms with E-state index in [2.05, 4.69) is 5.32 Å². The lowest BCUT2D eigenvalue weighted by molar-refractivity contribution is -0.131. The molecule has 4 rings (SSSR count). The minimum atomic E-state index is -0.224. The summed E-state index contributed by atoms with van der Waals surface area (Å²) >= 11 is 0. The maximum Gasteiger partial charge on any atom is 0.317 e.